The first-order valence-corrected chi connectivity index (χ1v) is 14.1. The van der Waals surface area contributed by atoms with Crippen LogP contribution in [0.15, 0.2) is 33.1 Å². The van der Waals surface area contributed by atoms with Crippen molar-refractivity contribution in [2.24, 2.45) is 0 Å². The van der Waals surface area contributed by atoms with E-state index in [1.807, 2.05) is 19.9 Å². The summed E-state index contributed by atoms with van der Waals surface area (Å²) < 4.78 is 13.9. The number of ether oxygens (including phenoxy) is 3. The molecule has 0 radical (unpaired) electrons. The van der Waals surface area contributed by atoms with Crippen LogP contribution in [0.4, 0.5) is 0 Å². The zero-order chi connectivity index (χ0) is 28.6. The predicted molar refractivity (Wildman–Crippen MR) is 144 cm³/mol. The number of methoxy groups -OCH3 is 3. The molecule has 2 N–H and O–H groups in total. The fourth-order valence-electron chi connectivity index (χ4n) is 3.31. The second-order valence-electron chi connectivity index (χ2n) is 8.02. The summed E-state index contributed by atoms with van der Waals surface area (Å²) in [7, 11) is 3.60. The van der Waals surface area contributed by atoms with E-state index in [2.05, 4.69) is 14.2 Å². The topological polar surface area (TPSA) is 154 Å². The van der Waals surface area contributed by atoms with Crippen LogP contribution in [0.2, 0.25) is 0 Å². The van der Waals surface area contributed by atoms with Gasteiger partial charge in [-0.05, 0) is 26.3 Å². The van der Waals surface area contributed by atoms with Gasteiger partial charge in [0.25, 0.3) is 0 Å². The van der Waals surface area contributed by atoms with E-state index in [0.29, 0.717) is 6.42 Å². The van der Waals surface area contributed by atoms with E-state index >= 15 is 0 Å². The van der Waals surface area contributed by atoms with Crippen molar-refractivity contribution in [3.63, 3.8) is 0 Å². The van der Waals surface area contributed by atoms with Gasteiger partial charge in [-0.25, -0.2) is 0 Å². The number of Topliss-reactive ketones (excluding diaryl/α,β-unsaturated/α-hetero) is 1. The zero-order valence-corrected chi connectivity index (χ0v) is 23.9. The van der Waals surface area contributed by atoms with E-state index in [9.17, 15) is 34.2 Å². The van der Waals surface area contributed by atoms with Crippen molar-refractivity contribution in [1.29, 1.82) is 0 Å². The fraction of sp³-hybridized carbons (Fsp3) is 0.400. The number of esters is 3. The highest BCUT2D eigenvalue weighted by atomic mass is 32.2. The van der Waals surface area contributed by atoms with Gasteiger partial charge in [0.2, 0.25) is 0 Å². The highest BCUT2D eigenvalue weighted by Crippen LogP contribution is 2.50. The summed E-state index contributed by atoms with van der Waals surface area (Å²) in [6.07, 6.45) is 3.26. The van der Waals surface area contributed by atoms with Crippen molar-refractivity contribution < 1.29 is 48.4 Å². The minimum atomic E-state index is -0.729. The Labute approximate surface area is 232 Å². The highest BCUT2D eigenvalue weighted by molar-refractivity contribution is 8.03. The molecule has 0 spiro atoms. The molecule has 0 bridgehead atoms. The lowest BCUT2D eigenvalue weighted by molar-refractivity contribution is -0.138. The van der Waals surface area contributed by atoms with Gasteiger partial charge in [0, 0.05) is 10.8 Å². The number of ketones is 2. The lowest BCUT2D eigenvalue weighted by atomic mass is 9.86. The summed E-state index contributed by atoms with van der Waals surface area (Å²) in [6, 6.07) is 0. The molecule has 1 aromatic carbocycles. The number of hydrogen-bond acceptors (Lipinski definition) is 13. The predicted octanol–water partition coefficient (Wildman–Crippen LogP) is 3.56. The molecule has 1 unspecified atom stereocenters. The Morgan fingerprint density at radius 3 is 1.79 bits per heavy atom. The Hall–Kier alpha value is -2.90. The van der Waals surface area contributed by atoms with Gasteiger partial charge in [0.1, 0.15) is 11.5 Å². The molecular formula is C25H28O10S3. The molecule has 10 nitrogen and oxygen atoms in total. The van der Waals surface area contributed by atoms with Crippen LogP contribution in [-0.2, 0) is 28.6 Å². The van der Waals surface area contributed by atoms with Crippen molar-refractivity contribution in [3.8, 4) is 11.5 Å². The molecule has 1 aliphatic carbocycles. The number of thioether (sulfide) groups is 3. The first-order valence-electron chi connectivity index (χ1n) is 11.1. The lowest BCUT2D eigenvalue weighted by Crippen LogP contribution is -2.25. The SMILES string of the molecule is COC(=O)CSc1c(O)c2c(c(O)c1SCC(=O)OC)C(=O)C(C(CC=C(C)C)SCC(=O)OC)=CC2=O. The molecule has 0 saturated heterocycles. The molecule has 1 aliphatic rings. The van der Waals surface area contributed by atoms with Crippen LogP contribution in [0.5, 0.6) is 11.5 Å². The molecule has 2 rings (SSSR count). The smallest absolute Gasteiger partial charge is 0.315 e. The third kappa shape index (κ3) is 7.58. The molecule has 0 fully saturated rings. The minimum absolute atomic E-state index is 0.0440. The molecular weight excluding hydrogens is 556 g/mol. The maximum absolute atomic E-state index is 13.7. The average Bonchev–Trinajstić information content (AvgIpc) is 2.89. The summed E-state index contributed by atoms with van der Waals surface area (Å²) >= 11 is 2.67. The van der Waals surface area contributed by atoms with Crippen LogP contribution >= 0.6 is 35.3 Å². The van der Waals surface area contributed by atoms with Crippen molar-refractivity contribution in [3.05, 3.63) is 34.4 Å². The van der Waals surface area contributed by atoms with Crippen molar-refractivity contribution in [1.82, 2.24) is 0 Å². The average molecular weight is 585 g/mol. The second kappa shape index (κ2) is 14.3. The Morgan fingerprint density at radius 2 is 1.32 bits per heavy atom. The second-order valence-corrected chi connectivity index (χ2v) is 11.2. The Kier molecular flexibility index (Phi) is 11.8. The van der Waals surface area contributed by atoms with E-state index in [1.54, 1.807) is 0 Å². The minimum Gasteiger partial charge on any atom is -0.506 e. The van der Waals surface area contributed by atoms with Crippen molar-refractivity contribution in [2.75, 3.05) is 38.6 Å². The number of aromatic hydroxyl groups is 2. The number of carbonyl (C=O) groups is 5. The number of phenolic OH excluding ortho intramolecular Hbond substituents is 2. The third-order valence-corrected chi connectivity index (χ3v) is 8.74. The first kappa shape index (κ1) is 31.3. The number of phenols is 2. The highest BCUT2D eigenvalue weighted by Gasteiger charge is 2.38. The summed E-state index contributed by atoms with van der Waals surface area (Å²) in [6.45, 7) is 3.73. The van der Waals surface area contributed by atoms with E-state index < -0.39 is 57.4 Å². The molecule has 0 heterocycles. The number of hydrogen-bond donors (Lipinski definition) is 2. The van der Waals surface area contributed by atoms with Gasteiger partial charge < -0.3 is 24.4 Å². The summed E-state index contributed by atoms with van der Waals surface area (Å²) in [5, 5.41) is 21.6. The summed E-state index contributed by atoms with van der Waals surface area (Å²) in [4.78, 5) is 62.1. The zero-order valence-electron chi connectivity index (χ0n) is 21.4. The number of rotatable bonds is 12. The number of allylic oxidation sites excluding steroid dienone is 3. The van der Waals surface area contributed by atoms with Crippen LogP contribution in [-0.4, -0.2) is 83.5 Å². The van der Waals surface area contributed by atoms with E-state index in [-0.39, 0.29) is 32.6 Å². The maximum atomic E-state index is 13.7. The van der Waals surface area contributed by atoms with Gasteiger partial charge in [-0.1, -0.05) is 11.6 Å². The number of carbonyl (C=O) groups excluding carboxylic acids is 5. The van der Waals surface area contributed by atoms with E-state index in [1.165, 1.54) is 21.3 Å². The van der Waals surface area contributed by atoms with Gasteiger partial charge in [-0.3, -0.25) is 24.0 Å². The van der Waals surface area contributed by atoms with Crippen LogP contribution in [0.1, 0.15) is 41.0 Å². The van der Waals surface area contributed by atoms with Crippen molar-refractivity contribution >= 4 is 64.8 Å². The standard InChI is InChI=1S/C25H28O10S3/c1-12(2)6-7-15(36-9-16(27)33-3)13-8-14(26)19-20(21(13)30)23(32)25(38-11-18(29)35-5)24(22(19)31)37-10-17(28)34-4/h6,8,15,31-32H,7,9-11H2,1-5H3. The molecule has 0 saturated carbocycles. The molecule has 1 aromatic rings. The molecule has 38 heavy (non-hydrogen) atoms. The lowest BCUT2D eigenvalue weighted by Gasteiger charge is -2.25. The normalized spacial score (nSPS) is 13.2. The first-order chi connectivity index (χ1) is 18.0. The monoisotopic (exact) mass is 584 g/mol. The fourth-order valence-corrected chi connectivity index (χ4v) is 6.39. The molecule has 0 amide bonds. The van der Waals surface area contributed by atoms with E-state index in [4.69, 9.17) is 0 Å². The van der Waals surface area contributed by atoms with Gasteiger partial charge in [-0.2, -0.15) is 0 Å². The van der Waals surface area contributed by atoms with Crippen molar-refractivity contribution in [2.45, 2.75) is 35.3 Å². The Bertz CT molecular complexity index is 1200. The van der Waals surface area contributed by atoms with Crippen LogP contribution in [0, 0.1) is 0 Å². The quantitative estimate of drug-likeness (QED) is 0.121. The Morgan fingerprint density at radius 1 is 0.842 bits per heavy atom. The van der Waals surface area contributed by atoms with Gasteiger partial charge in [0.15, 0.2) is 11.6 Å². The third-order valence-electron chi connectivity index (χ3n) is 5.22. The van der Waals surface area contributed by atoms with Crippen LogP contribution in [0.3, 0.4) is 0 Å². The summed E-state index contributed by atoms with van der Waals surface area (Å²) in [5.41, 5.74) is 0.173. The van der Waals surface area contributed by atoms with Gasteiger partial charge >= 0.3 is 17.9 Å². The largest absolute Gasteiger partial charge is 0.506 e. The summed E-state index contributed by atoms with van der Waals surface area (Å²) in [5.74, 6) is -5.06. The van der Waals surface area contributed by atoms with Crippen LogP contribution in [0.25, 0.3) is 0 Å². The maximum Gasteiger partial charge on any atom is 0.315 e. The van der Waals surface area contributed by atoms with Gasteiger partial charge in [-0.15, -0.1) is 35.3 Å². The van der Waals surface area contributed by atoms with E-state index in [0.717, 1.165) is 46.9 Å². The Balaban J connectivity index is 2.65. The molecule has 1 atom stereocenters. The molecule has 0 aliphatic heterocycles. The number of benzene rings is 1. The molecule has 0 aromatic heterocycles. The molecule has 13 heteroatoms. The number of fused-ring (bicyclic) bond motifs is 1. The molecule has 206 valence electrons. The van der Waals surface area contributed by atoms with Crippen LogP contribution < -0.4 is 0 Å². The van der Waals surface area contributed by atoms with Gasteiger partial charge in [0.05, 0.1) is 59.5 Å².